The van der Waals surface area contributed by atoms with Crippen LogP contribution in [-0.4, -0.2) is 25.9 Å². The van der Waals surface area contributed by atoms with Crippen molar-refractivity contribution in [2.45, 2.75) is 32.5 Å². The van der Waals surface area contributed by atoms with Crippen LogP contribution in [0.15, 0.2) is 89.7 Å². The van der Waals surface area contributed by atoms with Crippen LogP contribution in [0.2, 0.25) is 0 Å². The van der Waals surface area contributed by atoms with Crippen molar-refractivity contribution in [1.82, 2.24) is 14.5 Å². The Bertz CT molecular complexity index is 1360. The Morgan fingerprint density at radius 2 is 1.54 bits per heavy atom. The van der Waals surface area contributed by atoms with Crippen LogP contribution in [0, 0.1) is 17.0 Å². The Morgan fingerprint density at radius 3 is 2.11 bits per heavy atom. The van der Waals surface area contributed by atoms with Gasteiger partial charge in [-0.1, -0.05) is 72.8 Å². The van der Waals surface area contributed by atoms with Gasteiger partial charge in [-0.05, 0) is 23.6 Å². The molecule has 0 N–H and O–H groups in total. The quantitative estimate of drug-likeness (QED) is 0.305. The van der Waals surface area contributed by atoms with Gasteiger partial charge in [-0.3, -0.25) is 24.4 Å². The largest absolute Gasteiger partial charge is 0.294 e. The number of aryl methyl sites for hydroxylation is 1. The highest BCUT2D eigenvalue weighted by Gasteiger charge is 2.27. The fraction of sp³-hybridized carbons (Fsp3) is 0.214. The van der Waals surface area contributed by atoms with Crippen LogP contribution in [-0.2, 0) is 19.5 Å². The van der Waals surface area contributed by atoms with E-state index in [2.05, 4.69) is 4.90 Å². The third kappa shape index (κ3) is 4.63. The summed E-state index contributed by atoms with van der Waals surface area (Å²) in [5.41, 5.74) is 4.69. The molecule has 3 aromatic carbocycles. The molecule has 2 heterocycles. The van der Waals surface area contributed by atoms with E-state index in [1.54, 1.807) is 12.1 Å². The number of fused-ring (bicyclic) bond motifs is 1. The number of nitro groups is 1. The zero-order valence-electron chi connectivity index (χ0n) is 19.5. The van der Waals surface area contributed by atoms with Crippen LogP contribution >= 0.6 is 0 Å². The minimum Gasteiger partial charge on any atom is -0.294 e. The predicted molar refractivity (Wildman–Crippen MR) is 134 cm³/mol. The number of hydrogen-bond donors (Lipinski definition) is 0. The average molecular weight is 467 g/mol. The molecule has 1 aliphatic heterocycles. The number of nitrogens with zero attached hydrogens (tertiary/aromatic N) is 4. The van der Waals surface area contributed by atoms with E-state index in [0.717, 1.165) is 34.5 Å². The summed E-state index contributed by atoms with van der Waals surface area (Å²) in [6.45, 7) is 3.80. The Balaban J connectivity index is 1.51. The lowest BCUT2D eigenvalue weighted by Crippen LogP contribution is -2.40. The number of hydrogen-bond acceptors (Lipinski definition) is 5. The second-order valence-corrected chi connectivity index (χ2v) is 8.87. The summed E-state index contributed by atoms with van der Waals surface area (Å²) >= 11 is 0. The fourth-order valence-electron chi connectivity index (χ4n) is 4.85. The molecule has 0 aliphatic carbocycles. The summed E-state index contributed by atoms with van der Waals surface area (Å²) < 4.78 is 1.82. The maximum atomic E-state index is 14.0. The van der Waals surface area contributed by atoms with Crippen molar-refractivity contribution < 1.29 is 4.92 Å². The molecule has 0 unspecified atom stereocenters. The molecule has 7 nitrogen and oxygen atoms in total. The molecule has 0 bridgehead atoms. The number of rotatable bonds is 6. The normalized spacial score (nSPS) is 13.5. The third-order valence-electron chi connectivity index (χ3n) is 6.56. The summed E-state index contributed by atoms with van der Waals surface area (Å²) in [5.74, 6) is 0.704. The first kappa shape index (κ1) is 22.7. The minimum absolute atomic E-state index is 0.0152. The van der Waals surface area contributed by atoms with Crippen molar-refractivity contribution in [3.63, 3.8) is 0 Å². The zero-order valence-corrected chi connectivity index (χ0v) is 19.5. The second kappa shape index (κ2) is 9.64. The van der Waals surface area contributed by atoms with Gasteiger partial charge in [0.2, 0.25) is 0 Å². The first-order chi connectivity index (χ1) is 17.0. The Kier molecular flexibility index (Phi) is 6.25. The Morgan fingerprint density at radius 1 is 0.943 bits per heavy atom. The fourth-order valence-corrected chi connectivity index (χ4v) is 4.85. The van der Waals surface area contributed by atoms with Crippen molar-refractivity contribution in [2.75, 3.05) is 6.54 Å². The summed E-state index contributed by atoms with van der Waals surface area (Å²) in [7, 11) is 0. The van der Waals surface area contributed by atoms with E-state index in [0.29, 0.717) is 25.3 Å². The molecule has 0 fully saturated rings. The molecule has 5 rings (SSSR count). The molecular formula is C28H26N4O3. The van der Waals surface area contributed by atoms with E-state index in [-0.39, 0.29) is 17.3 Å². The molecule has 0 saturated carbocycles. The van der Waals surface area contributed by atoms with Crippen LogP contribution in [0.4, 0.5) is 5.69 Å². The summed E-state index contributed by atoms with van der Waals surface area (Å²) in [5, 5.41) is 10.9. The van der Waals surface area contributed by atoms with Crippen LogP contribution in [0.5, 0.6) is 0 Å². The molecule has 0 atom stereocenters. The Labute approximate surface area is 203 Å². The van der Waals surface area contributed by atoms with E-state index < -0.39 is 4.92 Å². The van der Waals surface area contributed by atoms with Crippen molar-refractivity contribution in [1.29, 1.82) is 0 Å². The van der Waals surface area contributed by atoms with Gasteiger partial charge in [0, 0.05) is 38.2 Å². The van der Waals surface area contributed by atoms with E-state index in [1.807, 2.05) is 72.2 Å². The first-order valence-corrected chi connectivity index (χ1v) is 11.7. The summed E-state index contributed by atoms with van der Waals surface area (Å²) in [6, 6.07) is 26.4. The molecule has 4 aromatic rings. The van der Waals surface area contributed by atoms with Gasteiger partial charge in [0.05, 0.1) is 22.2 Å². The van der Waals surface area contributed by atoms with Gasteiger partial charge in [-0.2, -0.15) is 0 Å². The van der Waals surface area contributed by atoms with Gasteiger partial charge in [0.1, 0.15) is 5.82 Å². The average Bonchev–Trinajstić information content (AvgIpc) is 2.88. The highest BCUT2D eigenvalue weighted by Crippen LogP contribution is 2.27. The van der Waals surface area contributed by atoms with E-state index in [4.69, 9.17) is 4.98 Å². The van der Waals surface area contributed by atoms with Gasteiger partial charge in [-0.15, -0.1) is 0 Å². The topological polar surface area (TPSA) is 81.3 Å². The molecule has 0 saturated heterocycles. The Hall–Kier alpha value is -4.10. The smallest absolute Gasteiger partial charge is 0.269 e. The third-order valence-corrected chi connectivity index (χ3v) is 6.56. The van der Waals surface area contributed by atoms with Gasteiger partial charge >= 0.3 is 0 Å². The molecule has 176 valence electrons. The van der Waals surface area contributed by atoms with Crippen molar-refractivity contribution >= 4 is 5.69 Å². The number of aromatic nitrogens is 2. The number of nitro benzene ring substituents is 1. The molecular weight excluding hydrogens is 440 g/mol. The maximum absolute atomic E-state index is 14.0. The summed E-state index contributed by atoms with van der Waals surface area (Å²) in [4.78, 5) is 31.6. The maximum Gasteiger partial charge on any atom is 0.269 e. The standard InChI is InChI=1S/C28H26N4O3/c1-20-29-26-16-17-30(18-21-12-14-24(15-13-21)32(34)35)19-25(26)28(33)31(20)27(22-8-4-2-5-9-22)23-10-6-3-7-11-23/h2-15,27H,16-19H2,1H3. The monoisotopic (exact) mass is 466 g/mol. The molecule has 0 amide bonds. The van der Waals surface area contributed by atoms with Gasteiger partial charge in [0.25, 0.3) is 11.2 Å². The van der Waals surface area contributed by atoms with Crippen molar-refractivity contribution in [2.24, 2.45) is 0 Å². The SMILES string of the molecule is Cc1nc2c(c(=O)n1C(c1ccccc1)c1ccccc1)CN(Cc1ccc([N+](=O)[O-])cc1)CC2. The highest BCUT2D eigenvalue weighted by atomic mass is 16.6. The van der Waals surface area contributed by atoms with Crippen LogP contribution in [0.3, 0.4) is 0 Å². The lowest BCUT2D eigenvalue weighted by Gasteiger charge is -2.30. The van der Waals surface area contributed by atoms with E-state index in [1.165, 1.54) is 12.1 Å². The van der Waals surface area contributed by atoms with E-state index >= 15 is 0 Å². The van der Waals surface area contributed by atoms with Crippen molar-refractivity contribution in [3.8, 4) is 0 Å². The number of non-ortho nitro benzene ring substituents is 1. The van der Waals surface area contributed by atoms with Crippen LogP contribution in [0.1, 0.15) is 39.8 Å². The number of benzene rings is 3. The second-order valence-electron chi connectivity index (χ2n) is 8.87. The molecule has 0 spiro atoms. The highest BCUT2D eigenvalue weighted by molar-refractivity contribution is 5.35. The molecule has 0 radical (unpaired) electrons. The minimum atomic E-state index is -0.396. The first-order valence-electron chi connectivity index (χ1n) is 11.7. The molecule has 35 heavy (non-hydrogen) atoms. The lowest BCUT2D eigenvalue weighted by molar-refractivity contribution is -0.384. The van der Waals surface area contributed by atoms with E-state index in [9.17, 15) is 14.9 Å². The molecule has 7 heteroatoms. The zero-order chi connectivity index (χ0) is 24.4. The van der Waals surface area contributed by atoms with Gasteiger partial charge in [-0.25, -0.2) is 4.98 Å². The molecule has 1 aliphatic rings. The van der Waals surface area contributed by atoms with Gasteiger partial charge in [0.15, 0.2) is 0 Å². The van der Waals surface area contributed by atoms with Crippen molar-refractivity contribution in [3.05, 3.63) is 139 Å². The lowest BCUT2D eigenvalue weighted by atomic mass is 9.97. The van der Waals surface area contributed by atoms with Crippen LogP contribution < -0.4 is 5.56 Å². The molecule has 1 aromatic heterocycles. The van der Waals surface area contributed by atoms with Gasteiger partial charge < -0.3 is 0 Å². The predicted octanol–water partition coefficient (Wildman–Crippen LogP) is 4.66. The summed E-state index contributed by atoms with van der Waals surface area (Å²) in [6.07, 6.45) is 0.695. The van der Waals surface area contributed by atoms with Crippen LogP contribution in [0.25, 0.3) is 0 Å².